The van der Waals surface area contributed by atoms with E-state index in [4.69, 9.17) is 40.9 Å². The number of hydrogen-bond donors (Lipinski definition) is 8. The van der Waals surface area contributed by atoms with Crippen molar-refractivity contribution >= 4 is 0 Å². The number of aliphatic hydroxyl groups excluding tert-OH is 4. The summed E-state index contributed by atoms with van der Waals surface area (Å²) in [6, 6.07) is 0. The summed E-state index contributed by atoms with van der Waals surface area (Å²) in [6.45, 7) is 8.32. The molecule has 0 spiro atoms. The van der Waals surface area contributed by atoms with E-state index in [1.54, 1.807) is 5.57 Å². The van der Waals surface area contributed by atoms with Crippen LogP contribution in [0.1, 0.15) is 105 Å². The topological polar surface area (TPSA) is 190 Å². The number of nitrogens with zero attached hydrogens (tertiary/aromatic N) is 2. The molecule has 0 radical (unpaired) electrons. The molecule has 42 heavy (non-hydrogen) atoms. The predicted octanol–water partition coefficient (Wildman–Crippen LogP) is 4.01. The fourth-order valence-corrected chi connectivity index (χ4v) is 5.01. The van der Waals surface area contributed by atoms with Crippen molar-refractivity contribution in [3.05, 3.63) is 34.6 Å². The Morgan fingerprint density at radius 1 is 0.571 bits per heavy atom. The molecule has 4 rings (SSSR count). The summed E-state index contributed by atoms with van der Waals surface area (Å²) in [5.74, 6) is 2.97. The molecular formula is C30H60Cu2N2O8. The number of aliphatic hydroxyl groups is 8. The summed E-state index contributed by atoms with van der Waals surface area (Å²) >= 11 is 0. The Hall–Kier alpha value is -0.0410. The molecule has 0 bridgehead atoms. The Balaban J connectivity index is -0.000000225. The maximum Gasteiger partial charge on any atom is 1.00 e. The van der Waals surface area contributed by atoms with Crippen molar-refractivity contribution in [1.82, 2.24) is 0 Å². The van der Waals surface area contributed by atoms with Crippen LogP contribution in [0.25, 0.3) is 10.6 Å². The second-order valence-electron chi connectivity index (χ2n) is 10.7. The maximum atomic E-state index is 7.61. The summed E-state index contributed by atoms with van der Waals surface area (Å²) in [6.07, 6.45) is 19.2. The van der Waals surface area contributed by atoms with Crippen LogP contribution in [0.3, 0.4) is 0 Å². The third-order valence-corrected chi connectivity index (χ3v) is 6.51. The van der Waals surface area contributed by atoms with Crippen LogP contribution in [0.2, 0.25) is 0 Å². The van der Waals surface area contributed by atoms with E-state index in [9.17, 15) is 0 Å². The third kappa shape index (κ3) is 38.0. The molecule has 0 aromatic rings. The van der Waals surface area contributed by atoms with Crippen molar-refractivity contribution in [3.63, 3.8) is 0 Å². The SMILES string of the molecule is C1=CC(C2CCCCC2)=CC[N-]1.C1CCC(C2CC[N-]CC2)CC1.CC(O)O.CC(O)O.CC(O)O.CC(O)O.[Cu+].[Cu+]. The number of hydrogen-bond acceptors (Lipinski definition) is 8. The summed E-state index contributed by atoms with van der Waals surface area (Å²) in [7, 11) is 0. The molecule has 0 amide bonds. The second-order valence-corrected chi connectivity index (χ2v) is 10.7. The van der Waals surface area contributed by atoms with E-state index in [0.29, 0.717) is 0 Å². The molecule has 1 saturated heterocycles. The summed E-state index contributed by atoms with van der Waals surface area (Å²) in [4.78, 5) is 0. The van der Waals surface area contributed by atoms with Gasteiger partial charge in [-0.15, -0.1) is 19.6 Å². The Labute approximate surface area is 276 Å². The van der Waals surface area contributed by atoms with Crippen molar-refractivity contribution in [3.8, 4) is 0 Å². The minimum atomic E-state index is -1.17. The van der Waals surface area contributed by atoms with E-state index in [0.717, 1.165) is 37.4 Å². The van der Waals surface area contributed by atoms with Crippen LogP contribution in [0.15, 0.2) is 23.9 Å². The van der Waals surface area contributed by atoms with Crippen LogP contribution >= 0.6 is 0 Å². The van der Waals surface area contributed by atoms with Gasteiger partial charge in [-0.2, -0.15) is 6.20 Å². The minimum absolute atomic E-state index is 0. The van der Waals surface area contributed by atoms with E-state index >= 15 is 0 Å². The molecule has 260 valence electrons. The summed E-state index contributed by atoms with van der Waals surface area (Å²) < 4.78 is 0. The van der Waals surface area contributed by atoms with Gasteiger partial charge in [-0.25, -0.2) is 0 Å². The van der Waals surface area contributed by atoms with E-state index in [1.807, 2.05) is 6.20 Å². The van der Waals surface area contributed by atoms with E-state index in [-0.39, 0.29) is 34.1 Å². The van der Waals surface area contributed by atoms with Crippen molar-refractivity contribution in [2.45, 2.75) is 130 Å². The zero-order valence-corrected chi connectivity index (χ0v) is 27.8. The summed E-state index contributed by atoms with van der Waals surface area (Å²) in [5, 5.41) is 69.5. The average molecular weight is 704 g/mol. The second kappa shape index (κ2) is 33.8. The van der Waals surface area contributed by atoms with Gasteiger partial charge in [-0.1, -0.05) is 81.9 Å². The zero-order chi connectivity index (χ0) is 30.8. The van der Waals surface area contributed by atoms with Crippen molar-refractivity contribution in [2.75, 3.05) is 19.6 Å². The van der Waals surface area contributed by atoms with Gasteiger partial charge in [0.25, 0.3) is 0 Å². The molecule has 0 unspecified atom stereocenters. The first-order valence-electron chi connectivity index (χ1n) is 15.0. The maximum absolute atomic E-state index is 7.61. The molecule has 2 heterocycles. The fourth-order valence-electron chi connectivity index (χ4n) is 5.01. The van der Waals surface area contributed by atoms with Gasteiger partial charge < -0.3 is 51.5 Å². The monoisotopic (exact) mass is 702 g/mol. The van der Waals surface area contributed by atoms with Crippen molar-refractivity contribution in [2.24, 2.45) is 17.8 Å². The van der Waals surface area contributed by atoms with E-state index in [2.05, 4.69) is 22.8 Å². The molecule has 12 heteroatoms. The molecule has 8 N–H and O–H groups in total. The molecule has 10 nitrogen and oxygen atoms in total. The predicted molar refractivity (Wildman–Crippen MR) is 160 cm³/mol. The molecule has 2 aliphatic carbocycles. The van der Waals surface area contributed by atoms with Crippen LogP contribution in [0, 0.1) is 17.8 Å². The molecule has 3 fully saturated rings. The Morgan fingerprint density at radius 3 is 1.29 bits per heavy atom. The smallest absolute Gasteiger partial charge is 0.687 e. The quantitative estimate of drug-likeness (QED) is 0.156. The largest absolute Gasteiger partial charge is 1.00 e. The summed E-state index contributed by atoms with van der Waals surface area (Å²) in [5.41, 5.74) is 1.55. The third-order valence-electron chi connectivity index (χ3n) is 6.51. The zero-order valence-electron chi connectivity index (χ0n) is 26.0. The van der Waals surface area contributed by atoms with Crippen molar-refractivity contribution < 1.29 is 75.0 Å². The van der Waals surface area contributed by atoms with Crippen LogP contribution in [0.5, 0.6) is 0 Å². The molecule has 0 aromatic carbocycles. The minimum Gasteiger partial charge on any atom is -0.687 e. The van der Waals surface area contributed by atoms with Crippen LogP contribution in [-0.2, 0) is 34.1 Å². The van der Waals surface area contributed by atoms with Crippen LogP contribution in [0.4, 0.5) is 0 Å². The van der Waals surface area contributed by atoms with Crippen LogP contribution < -0.4 is 0 Å². The van der Waals surface area contributed by atoms with Gasteiger partial charge in [-0.3, -0.25) is 0 Å². The molecule has 2 saturated carbocycles. The first-order chi connectivity index (χ1) is 18.9. The van der Waals surface area contributed by atoms with Gasteiger partial charge in [0.2, 0.25) is 0 Å². The Morgan fingerprint density at radius 2 is 0.929 bits per heavy atom. The normalized spacial score (nSPS) is 18.8. The molecule has 0 aromatic heterocycles. The number of rotatable bonds is 2. The Kier molecular flexibility index (Phi) is 39.4. The van der Waals surface area contributed by atoms with Gasteiger partial charge in [0.1, 0.15) is 25.2 Å². The molecule has 4 aliphatic rings. The molecule has 2 aliphatic heterocycles. The molecule has 0 atom stereocenters. The van der Waals surface area contributed by atoms with Gasteiger partial charge in [0.05, 0.1) is 0 Å². The molecular weight excluding hydrogens is 643 g/mol. The first kappa shape index (κ1) is 48.9. The van der Waals surface area contributed by atoms with E-state index in [1.165, 1.54) is 105 Å². The van der Waals surface area contributed by atoms with Crippen molar-refractivity contribution in [1.29, 1.82) is 0 Å². The van der Waals surface area contributed by atoms with Gasteiger partial charge in [0.15, 0.2) is 0 Å². The van der Waals surface area contributed by atoms with Gasteiger partial charge in [0, 0.05) is 0 Å². The fraction of sp³-hybridized carbons (Fsp3) is 0.867. The first-order valence-corrected chi connectivity index (χ1v) is 15.0. The van der Waals surface area contributed by atoms with Gasteiger partial charge in [-0.05, 0) is 58.3 Å². The van der Waals surface area contributed by atoms with Gasteiger partial charge >= 0.3 is 34.1 Å². The van der Waals surface area contributed by atoms with E-state index < -0.39 is 25.2 Å². The number of piperidine rings is 1. The Bertz CT molecular complexity index is 543. The van der Waals surface area contributed by atoms with Crippen LogP contribution in [-0.4, -0.2) is 85.6 Å². The average Bonchev–Trinajstić information content (AvgIpc) is 2.90. The standard InChI is InChI=1S/C11H20N.C11H16N.4C2H6O2.2Cu/c2*1-2-4-10(5-3-1)11-6-8-12-9-7-11;4*1-2(3)4;;/h10-11H,1-9H2;6-8,10H,1-5,9H2;4*2-4H,1H3;;/q2*-1;;;;;2*+1. The number of allylic oxidation sites excluding steroid dienone is 2.